The Kier molecular flexibility index (Phi) is 5.09. The van der Waals surface area contributed by atoms with E-state index in [1.807, 2.05) is 31.2 Å². The first-order valence-electron chi connectivity index (χ1n) is 9.19. The molecule has 0 unspecified atom stereocenters. The summed E-state index contributed by atoms with van der Waals surface area (Å²) < 4.78 is 5.80. The summed E-state index contributed by atoms with van der Waals surface area (Å²) in [7, 11) is 0. The average molecular weight is 399 g/mol. The monoisotopic (exact) mass is 399 g/mol. The van der Waals surface area contributed by atoms with Crippen LogP contribution in [0.3, 0.4) is 0 Å². The Hall–Kier alpha value is -4.26. The van der Waals surface area contributed by atoms with Crippen molar-refractivity contribution in [1.29, 1.82) is 0 Å². The number of hydrogen-bond acceptors (Lipinski definition) is 5. The molecule has 0 saturated heterocycles. The Labute approximate surface area is 171 Å². The molecule has 0 aliphatic carbocycles. The van der Waals surface area contributed by atoms with Crippen LogP contribution in [0.4, 0.5) is 11.4 Å². The van der Waals surface area contributed by atoms with Crippen molar-refractivity contribution in [3.8, 4) is 11.5 Å². The number of carbonyl (C=O) groups is 1. The van der Waals surface area contributed by atoms with Gasteiger partial charge in [-0.05, 0) is 48.9 Å². The summed E-state index contributed by atoms with van der Waals surface area (Å²) in [6.45, 7) is 2.01. The molecular weight excluding hydrogens is 382 g/mol. The van der Waals surface area contributed by atoms with Gasteiger partial charge in [-0.15, -0.1) is 0 Å². The molecule has 4 aromatic rings. The van der Waals surface area contributed by atoms with Crippen LogP contribution in [-0.2, 0) is 4.79 Å². The molecule has 3 aromatic carbocycles. The summed E-state index contributed by atoms with van der Waals surface area (Å²) in [4.78, 5) is 27.1. The molecule has 0 spiro atoms. The highest BCUT2D eigenvalue weighted by atomic mass is 16.6. The number of rotatable bonds is 5. The summed E-state index contributed by atoms with van der Waals surface area (Å²) in [6, 6.07) is 19.1. The van der Waals surface area contributed by atoms with Gasteiger partial charge in [0.15, 0.2) is 5.58 Å². The highest BCUT2D eigenvalue weighted by Gasteiger charge is 2.10. The van der Waals surface area contributed by atoms with Gasteiger partial charge >= 0.3 is 0 Å². The predicted octanol–water partition coefficient (Wildman–Crippen LogP) is 5.36. The van der Waals surface area contributed by atoms with Crippen molar-refractivity contribution in [3.05, 3.63) is 94.0 Å². The first-order chi connectivity index (χ1) is 14.5. The molecule has 1 aromatic heterocycles. The lowest BCUT2D eigenvalue weighted by Gasteiger charge is -2.01. The van der Waals surface area contributed by atoms with Gasteiger partial charge in [0, 0.05) is 29.5 Å². The molecule has 0 aliphatic rings. The maximum Gasteiger partial charge on any atom is 0.270 e. The largest absolute Gasteiger partial charge is 0.436 e. The van der Waals surface area contributed by atoms with Gasteiger partial charge in [0.25, 0.3) is 5.69 Å². The number of aryl methyl sites for hydroxylation is 1. The summed E-state index contributed by atoms with van der Waals surface area (Å²) in [5, 5.41) is 13.6. The minimum Gasteiger partial charge on any atom is -0.436 e. The Bertz CT molecular complexity index is 1270. The highest BCUT2D eigenvalue weighted by molar-refractivity contribution is 6.02. The number of oxazole rings is 1. The summed E-state index contributed by atoms with van der Waals surface area (Å²) in [6.07, 6.45) is 2.84. The van der Waals surface area contributed by atoms with E-state index in [-0.39, 0.29) is 11.6 Å². The summed E-state index contributed by atoms with van der Waals surface area (Å²) in [5.41, 5.74) is 4.38. The van der Waals surface area contributed by atoms with Crippen molar-refractivity contribution in [1.82, 2.24) is 4.98 Å². The van der Waals surface area contributed by atoms with E-state index in [0.29, 0.717) is 28.2 Å². The van der Waals surface area contributed by atoms with Crippen molar-refractivity contribution in [2.24, 2.45) is 0 Å². The fourth-order valence-electron chi connectivity index (χ4n) is 2.92. The standard InChI is InChI=1S/C23H17N3O4/c1-15-5-8-17(9-6-15)23-25-20-14-18(10-11-21(20)30-23)24-22(27)12-7-16-3-2-4-19(13-16)26(28)29/h2-14H,1H3,(H,24,27). The third-order valence-electron chi connectivity index (χ3n) is 4.46. The fourth-order valence-corrected chi connectivity index (χ4v) is 2.92. The molecule has 7 nitrogen and oxygen atoms in total. The topological polar surface area (TPSA) is 98.3 Å². The zero-order valence-corrected chi connectivity index (χ0v) is 16.0. The first-order valence-corrected chi connectivity index (χ1v) is 9.19. The van der Waals surface area contributed by atoms with Gasteiger partial charge < -0.3 is 9.73 Å². The fraction of sp³-hybridized carbons (Fsp3) is 0.0435. The van der Waals surface area contributed by atoms with E-state index in [1.165, 1.54) is 24.3 Å². The zero-order chi connectivity index (χ0) is 21.1. The number of nitro benzene ring substituents is 1. The number of nitrogens with one attached hydrogen (secondary N) is 1. The Morgan fingerprint density at radius 1 is 1.10 bits per heavy atom. The Morgan fingerprint density at radius 3 is 2.67 bits per heavy atom. The van der Waals surface area contributed by atoms with E-state index in [1.54, 1.807) is 30.3 Å². The predicted molar refractivity (Wildman–Crippen MR) is 115 cm³/mol. The van der Waals surface area contributed by atoms with Crippen LogP contribution < -0.4 is 5.32 Å². The second-order valence-corrected chi connectivity index (χ2v) is 6.74. The molecule has 148 valence electrons. The van der Waals surface area contributed by atoms with Crippen LogP contribution in [0, 0.1) is 17.0 Å². The van der Waals surface area contributed by atoms with Gasteiger partial charge in [-0.25, -0.2) is 4.98 Å². The van der Waals surface area contributed by atoms with Crippen LogP contribution in [0.25, 0.3) is 28.6 Å². The molecule has 0 fully saturated rings. The number of anilines is 1. The number of aromatic nitrogens is 1. The molecular formula is C23H17N3O4. The van der Waals surface area contributed by atoms with Crippen LogP contribution >= 0.6 is 0 Å². The number of nitrogens with zero attached hydrogens (tertiary/aromatic N) is 2. The van der Waals surface area contributed by atoms with Gasteiger partial charge in [0.2, 0.25) is 11.8 Å². The van der Waals surface area contributed by atoms with Gasteiger partial charge in [-0.1, -0.05) is 29.8 Å². The number of carbonyl (C=O) groups excluding carboxylic acids is 1. The molecule has 4 rings (SSSR count). The SMILES string of the molecule is Cc1ccc(-c2nc3cc(NC(=O)C=Cc4cccc([N+](=O)[O-])c4)ccc3o2)cc1. The molecule has 0 atom stereocenters. The zero-order valence-electron chi connectivity index (χ0n) is 16.0. The molecule has 30 heavy (non-hydrogen) atoms. The normalized spacial score (nSPS) is 11.1. The number of fused-ring (bicyclic) bond motifs is 1. The molecule has 0 aliphatic heterocycles. The van der Waals surface area contributed by atoms with Crippen molar-refractivity contribution in [3.63, 3.8) is 0 Å². The maximum atomic E-state index is 12.2. The average Bonchev–Trinajstić information content (AvgIpc) is 3.16. The third-order valence-corrected chi connectivity index (χ3v) is 4.46. The summed E-state index contributed by atoms with van der Waals surface area (Å²) in [5.74, 6) is 0.155. The maximum absolute atomic E-state index is 12.2. The van der Waals surface area contributed by atoms with Crippen molar-refractivity contribution in [2.45, 2.75) is 6.92 Å². The Morgan fingerprint density at radius 2 is 1.90 bits per heavy atom. The lowest BCUT2D eigenvalue weighted by atomic mass is 10.1. The molecule has 0 saturated carbocycles. The molecule has 0 bridgehead atoms. The third kappa shape index (κ3) is 4.25. The van der Waals surface area contributed by atoms with E-state index in [9.17, 15) is 14.9 Å². The minimum absolute atomic E-state index is 0.0292. The highest BCUT2D eigenvalue weighted by Crippen LogP contribution is 2.26. The van der Waals surface area contributed by atoms with Crippen LogP contribution in [0.15, 0.2) is 77.2 Å². The Balaban J connectivity index is 1.49. The molecule has 7 heteroatoms. The van der Waals surface area contributed by atoms with Crippen LogP contribution in [0.2, 0.25) is 0 Å². The van der Waals surface area contributed by atoms with E-state index in [2.05, 4.69) is 10.3 Å². The second kappa shape index (κ2) is 8.00. The van der Waals surface area contributed by atoms with Crippen LogP contribution in [0.1, 0.15) is 11.1 Å². The quantitative estimate of drug-likeness (QED) is 0.277. The van der Waals surface area contributed by atoms with Gasteiger partial charge in [-0.3, -0.25) is 14.9 Å². The number of amides is 1. The van der Waals surface area contributed by atoms with Crippen LogP contribution in [0.5, 0.6) is 0 Å². The van der Waals surface area contributed by atoms with Gasteiger partial charge in [0.1, 0.15) is 5.52 Å². The molecule has 1 amide bonds. The number of nitro groups is 1. The van der Waals surface area contributed by atoms with E-state index in [0.717, 1.165) is 11.1 Å². The number of non-ortho nitro benzene ring substituents is 1. The first kappa shape index (κ1) is 19.1. The van der Waals surface area contributed by atoms with Crippen molar-refractivity contribution >= 4 is 34.5 Å². The summed E-state index contributed by atoms with van der Waals surface area (Å²) >= 11 is 0. The lowest BCUT2D eigenvalue weighted by molar-refractivity contribution is -0.384. The molecule has 0 radical (unpaired) electrons. The second-order valence-electron chi connectivity index (χ2n) is 6.74. The van der Waals surface area contributed by atoms with E-state index in [4.69, 9.17) is 4.42 Å². The van der Waals surface area contributed by atoms with E-state index >= 15 is 0 Å². The number of hydrogen-bond donors (Lipinski definition) is 1. The van der Waals surface area contributed by atoms with E-state index < -0.39 is 4.92 Å². The molecule has 1 heterocycles. The lowest BCUT2D eigenvalue weighted by Crippen LogP contribution is -2.07. The van der Waals surface area contributed by atoms with Crippen LogP contribution in [-0.4, -0.2) is 15.8 Å². The minimum atomic E-state index is -0.477. The number of benzene rings is 3. The van der Waals surface area contributed by atoms with Crippen molar-refractivity contribution in [2.75, 3.05) is 5.32 Å². The van der Waals surface area contributed by atoms with Gasteiger partial charge in [-0.2, -0.15) is 0 Å². The smallest absolute Gasteiger partial charge is 0.270 e. The van der Waals surface area contributed by atoms with Gasteiger partial charge in [0.05, 0.1) is 4.92 Å². The molecule has 1 N–H and O–H groups in total. The van der Waals surface area contributed by atoms with Crippen molar-refractivity contribution < 1.29 is 14.1 Å².